The number of anilines is 1. The van der Waals surface area contributed by atoms with Crippen LogP contribution in [0.25, 0.3) is 0 Å². The summed E-state index contributed by atoms with van der Waals surface area (Å²) in [6.45, 7) is 3.88. The lowest BCUT2D eigenvalue weighted by Crippen LogP contribution is -2.22. The minimum atomic E-state index is -0.927. The molecule has 4 nitrogen and oxygen atoms in total. The van der Waals surface area contributed by atoms with E-state index in [0.717, 1.165) is 0 Å². The summed E-state index contributed by atoms with van der Waals surface area (Å²) in [7, 11) is 1.93. The SMILES string of the molecule is Cc1cc(C(=O)O)cc(N(C)C(C)c2cccs2)n1. The number of carboxylic acids is 1. The number of aromatic nitrogens is 1. The third-order valence-electron chi connectivity index (χ3n) is 3.08. The summed E-state index contributed by atoms with van der Waals surface area (Å²) in [4.78, 5) is 18.7. The molecule has 0 aliphatic carbocycles. The molecule has 1 atom stereocenters. The highest BCUT2D eigenvalue weighted by Gasteiger charge is 2.16. The van der Waals surface area contributed by atoms with Crippen molar-refractivity contribution in [3.63, 3.8) is 0 Å². The van der Waals surface area contributed by atoms with Gasteiger partial charge in [-0.25, -0.2) is 9.78 Å². The number of aryl methyl sites for hydroxylation is 1. The maximum absolute atomic E-state index is 11.1. The molecule has 5 heteroatoms. The fourth-order valence-electron chi connectivity index (χ4n) is 1.87. The van der Waals surface area contributed by atoms with Gasteiger partial charge in [-0.1, -0.05) is 6.07 Å². The first-order chi connectivity index (χ1) is 8.99. The first-order valence-corrected chi connectivity index (χ1v) is 6.85. The highest BCUT2D eigenvalue weighted by molar-refractivity contribution is 7.10. The number of hydrogen-bond acceptors (Lipinski definition) is 4. The highest BCUT2D eigenvalue weighted by atomic mass is 32.1. The van der Waals surface area contributed by atoms with E-state index in [0.29, 0.717) is 11.5 Å². The normalized spacial score (nSPS) is 12.2. The van der Waals surface area contributed by atoms with E-state index in [1.54, 1.807) is 30.4 Å². The Morgan fingerprint density at radius 1 is 1.47 bits per heavy atom. The van der Waals surface area contributed by atoms with Gasteiger partial charge in [0.25, 0.3) is 0 Å². The average molecular weight is 276 g/mol. The molecular formula is C14H16N2O2S. The van der Waals surface area contributed by atoms with Crippen molar-refractivity contribution >= 4 is 23.1 Å². The van der Waals surface area contributed by atoms with Gasteiger partial charge in [0.1, 0.15) is 5.82 Å². The van der Waals surface area contributed by atoms with Crippen LogP contribution < -0.4 is 4.90 Å². The van der Waals surface area contributed by atoms with Gasteiger partial charge < -0.3 is 10.0 Å². The first kappa shape index (κ1) is 13.5. The lowest BCUT2D eigenvalue weighted by molar-refractivity contribution is 0.0696. The van der Waals surface area contributed by atoms with Crippen LogP contribution >= 0.6 is 11.3 Å². The van der Waals surface area contributed by atoms with Crippen molar-refractivity contribution in [3.05, 3.63) is 45.8 Å². The van der Waals surface area contributed by atoms with Crippen molar-refractivity contribution in [1.82, 2.24) is 4.98 Å². The van der Waals surface area contributed by atoms with E-state index in [-0.39, 0.29) is 11.6 Å². The molecule has 0 spiro atoms. The van der Waals surface area contributed by atoms with Gasteiger partial charge in [0.05, 0.1) is 11.6 Å². The average Bonchev–Trinajstić information content (AvgIpc) is 2.90. The molecule has 1 unspecified atom stereocenters. The molecule has 0 amide bonds. The molecule has 2 aromatic heterocycles. The van der Waals surface area contributed by atoms with Gasteiger partial charge in [-0.2, -0.15) is 0 Å². The molecule has 1 N–H and O–H groups in total. The van der Waals surface area contributed by atoms with Crippen LogP contribution in [0.4, 0.5) is 5.82 Å². The summed E-state index contributed by atoms with van der Waals surface area (Å²) >= 11 is 1.68. The van der Waals surface area contributed by atoms with E-state index >= 15 is 0 Å². The van der Waals surface area contributed by atoms with Crippen molar-refractivity contribution < 1.29 is 9.90 Å². The monoisotopic (exact) mass is 276 g/mol. The van der Waals surface area contributed by atoms with Crippen LogP contribution in [0.1, 0.15) is 33.9 Å². The fraction of sp³-hybridized carbons (Fsp3) is 0.286. The molecule has 100 valence electrons. The fourth-order valence-corrected chi connectivity index (χ4v) is 2.70. The van der Waals surface area contributed by atoms with Gasteiger partial charge >= 0.3 is 5.97 Å². The Kier molecular flexibility index (Phi) is 3.85. The standard InChI is InChI=1S/C14H16N2O2S/c1-9-7-11(14(17)18)8-13(15-9)16(3)10(2)12-5-4-6-19-12/h4-8,10H,1-3H3,(H,17,18). The molecule has 0 aliphatic heterocycles. The predicted molar refractivity (Wildman–Crippen MR) is 77.1 cm³/mol. The van der Waals surface area contributed by atoms with Crippen LogP contribution in [0.15, 0.2) is 29.6 Å². The lowest BCUT2D eigenvalue weighted by Gasteiger charge is -2.25. The number of aromatic carboxylic acids is 1. The van der Waals surface area contributed by atoms with Crippen molar-refractivity contribution in [2.45, 2.75) is 19.9 Å². The van der Waals surface area contributed by atoms with Gasteiger partial charge in [0.15, 0.2) is 0 Å². The van der Waals surface area contributed by atoms with E-state index in [1.165, 1.54) is 4.88 Å². The maximum atomic E-state index is 11.1. The van der Waals surface area contributed by atoms with E-state index < -0.39 is 5.97 Å². The number of carboxylic acid groups (broad SMARTS) is 1. The Hall–Kier alpha value is -1.88. The Balaban J connectivity index is 2.33. The lowest BCUT2D eigenvalue weighted by atomic mass is 10.2. The third-order valence-corrected chi connectivity index (χ3v) is 4.13. The molecule has 0 saturated heterocycles. The maximum Gasteiger partial charge on any atom is 0.335 e. The largest absolute Gasteiger partial charge is 0.478 e. The van der Waals surface area contributed by atoms with Crippen molar-refractivity contribution in [2.75, 3.05) is 11.9 Å². The third kappa shape index (κ3) is 2.93. The number of rotatable bonds is 4. The zero-order valence-electron chi connectivity index (χ0n) is 11.1. The van der Waals surface area contributed by atoms with Crippen LogP contribution in [0.3, 0.4) is 0 Å². The minimum Gasteiger partial charge on any atom is -0.478 e. The molecule has 2 heterocycles. The van der Waals surface area contributed by atoms with Gasteiger partial charge in [-0.15, -0.1) is 11.3 Å². The molecule has 0 bridgehead atoms. The van der Waals surface area contributed by atoms with Gasteiger partial charge in [0.2, 0.25) is 0 Å². The van der Waals surface area contributed by atoms with Gasteiger partial charge in [0, 0.05) is 17.6 Å². The van der Waals surface area contributed by atoms with E-state index in [2.05, 4.69) is 18.0 Å². The second kappa shape index (κ2) is 5.40. The molecule has 0 aliphatic rings. The number of carbonyl (C=O) groups is 1. The Morgan fingerprint density at radius 3 is 2.79 bits per heavy atom. The quantitative estimate of drug-likeness (QED) is 0.930. The topological polar surface area (TPSA) is 53.4 Å². The first-order valence-electron chi connectivity index (χ1n) is 5.97. The molecule has 2 rings (SSSR count). The summed E-state index contributed by atoms with van der Waals surface area (Å²) in [5.74, 6) is -0.248. The second-order valence-electron chi connectivity index (χ2n) is 4.46. The highest BCUT2D eigenvalue weighted by Crippen LogP contribution is 2.27. The summed E-state index contributed by atoms with van der Waals surface area (Å²) in [6, 6.07) is 7.43. The Morgan fingerprint density at radius 2 is 2.21 bits per heavy atom. The van der Waals surface area contributed by atoms with Crippen LogP contribution in [0, 0.1) is 6.92 Å². The smallest absolute Gasteiger partial charge is 0.335 e. The van der Waals surface area contributed by atoms with Crippen molar-refractivity contribution in [2.24, 2.45) is 0 Å². The predicted octanol–water partition coefficient (Wildman–Crippen LogP) is 3.35. The minimum absolute atomic E-state index is 0.163. The molecule has 0 fully saturated rings. The van der Waals surface area contributed by atoms with Crippen molar-refractivity contribution in [1.29, 1.82) is 0 Å². The zero-order valence-corrected chi connectivity index (χ0v) is 11.9. The van der Waals surface area contributed by atoms with Crippen LogP contribution in [-0.4, -0.2) is 23.1 Å². The van der Waals surface area contributed by atoms with E-state index in [9.17, 15) is 4.79 Å². The molecular weight excluding hydrogens is 260 g/mol. The molecule has 0 saturated carbocycles. The number of nitrogens with zero attached hydrogens (tertiary/aromatic N) is 2. The number of hydrogen-bond donors (Lipinski definition) is 1. The summed E-state index contributed by atoms with van der Waals surface area (Å²) in [5.41, 5.74) is 0.979. The van der Waals surface area contributed by atoms with Gasteiger partial charge in [-0.3, -0.25) is 0 Å². The Bertz CT molecular complexity index is 581. The molecule has 0 aromatic carbocycles. The number of thiophene rings is 1. The van der Waals surface area contributed by atoms with Crippen LogP contribution in [0.2, 0.25) is 0 Å². The van der Waals surface area contributed by atoms with E-state index in [1.807, 2.05) is 23.4 Å². The van der Waals surface area contributed by atoms with Crippen molar-refractivity contribution in [3.8, 4) is 0 Å². The summed E-state index contributed by atoms with van der Waals surface area (Å²) in [5, 5.41) is 11.1. The van der Waals surface area contributed by atoms with Crippen LogP contribution in [0.5, 0.6) is 0 Å². The second-order valence-corrected chi connectivity index (χ2v) is 5.44. The zero-order chi connectivity index (χ0) is 14.0. The molecule has 0 radical (unpaired) electrons. The van der Waals surface area contributed by atoms with Gasteiger partial charge in [-0.05, 0) is 37.4 Å². The Labute approximate surface area is 116 Å². The molecule has 2 aromatic rings. The van der Waals surface area contributed by atoms with Crippen LogP contribution in [-0.2, 0) is 0 Å². The van der Waals surface area contributed by atoms with E-state index in [4.69, 9.17) is 5.11 Å². The number of pyridine rings is 1. The summed E-state index contributed by atoms with van der Waals surface area (Å²) < 4.78 is 0. The molecule has 19 heavy (non-hydrogen) atoms. The summed E-state index contributed by atoms with van der Waals surface area (Å²) in [6.07, 6.45) is 0.